The van der Waals surface area contributed by atoms with Gasteiger partial charge in [0, 0.05) is 20.1 Å². The maximum absolute atomic E-state index is 11.9. The lowest BCUT2D eigenvalue weighted by Crippen LogP contribution is -2.48. The summed E-state index contributed by atoms with van der Waals surface area (Å²) in [5, 5.41) is 13.7. The van der Waals surface area contributed by atoms with E-state index in [1.807, 2.05) is 14.0 Å². The molecule has 0 aromatic carbocycles. The summed E-state index contributed by atoms with van der Waals surface area (Å²) in [5.74, 6) is 0.606. The van der Waals surface area contributed by atoms with E-state index in [1.54, 1.807) is 10.9 Å². The quantitative estimate of drug-likeness (QED) is 0.705. The molecule has 1 amide bonds. The molecule has 0 radical (unpaired) electrons. The van der Waals surface area contributed by atoms with E-state index in [0.717, 1.165) is 12.4 Å². The second-order valence-electron chi connectivity index (χ2n) is 4.09. The lowest BCUT2D eigenvalue weighted by Gasteiger charge is -2.24. The zero-order chi connectivity index (χ0) is 12.3. The summed E-state index contributed by atoms with van der Waals surface area (Å²) in [5.41, 5.74) is 0. The lowest BCUT2D eigenvalue weighted by atomic mass is 10.2. The van der Waals surface area contributed by atoms with Crippen LogP contribution in [0.5, 0.6) is 0 Å². The van der Waals surface area contributed by atoms with E-state index in [-0.39, 0.29) is 11.9 Å². The normalized spacial score (nSPS) is 22.1. The van der Waals surface area contributed by atoms with Crippen LogP contribution in [0.2, 0.25) is 0 Å². The highest BCUT2D eigenvalue weighted by molar-refractivity contribution is 5.81. The minimum atomic E-state index is -0.417. The SMILES string of the molecule is CC(NC(=O)C1CNCCO1)c1nncn1C. The van der Waals surface area contributed by atoms with Crippen molar-refractivity contribution >= 4 is 5.91 Å². The monoisotopic (exact) mass is 239 g/mol. The zero-order valence-corrected chi connectivity index (χ0v) is 10.0. The molecule has 0 bridgehead atoms. The van der Waals surface area contributed by atoms with E-state index in [0.29, 0.717) is 13.2 Å². The average molecular weight is 239 g/mol. The van der Waals surface area contributed by atoms with Crippen molar-refractivity contribution in [2.75, 3.05) is 19.7 Å². The van der Waals surface area contributed by atoms with E-state index in [9.17, 15) is 4.79 Å². The molecular weight excluding hydrogens is 222 g/mol. The molecule has 2 atom stereocenters. The molecule has 2 rings (SSSR count). The zero-order valence-electron chi connectivity index (χ0n) is 10.0. The number of rotatable bonds is 3. The predicted octanol–water partition coefficient (Wildman–Crippen LogP) is -1.02. The fourth-order valence-corrected chi connectivity index (χ4v) is 1.79. The van der Waals surface area contributed by atoms with Gasteiger partial charge < -0.3 is 19.9 Å². The Labute approximate surface area is 99.5 Å². The third-order valence-corrected chi connectivity index (χ3v) is 2.71. The van der Waals surface area contributed by atoms with Gasteiger partial charge >= 0.3 is 0 Å². The molecule has 1 fully saturated rings. The summed E-state index contributed by atoms with van der Waals surface area (Å²) < 4.78 is 7.15. The first-order valence-electron chi connectivity index (χ1n) is 5.65. The topological polar surface area (TPSA) is 81.1 Å². The Morgan fingerprint density at radius 3 is 3.18 bits per heavy atom. The van der Waals surface area contributed by atoms with Gasteiger partial charge in [-0.1, -0.05) is 0 Å². The minimum absolute atomic E-state index is 0.118. The smallest absolute Gasteiger partial charge is 0.251 e. The molecule has 7 heteroatoms. The van der Waals surface area contributed by atoms with Gasteiger partial charge in [0.2, 0.25) is 0 Å². The van der Waals surface area contributed by atoms with Gasteiger partial charge in [0.1, 0.15) is 12.4 Å². The molecule has 17 heavy (non-hydrogen) atoms. The van der Waals surface area contributed by atoms with Crippen molar-refractivity contribution in [2.45, 2.75) is 19.1 Å². The van der Waals surface area contributed by atoms with E-state index in [1.165, 1.54) is 0 Å². The van der Waals surface area contributed by atoms with Crippen LogP contribution in [-0.2, 0) is 16.6 Å². The van der Waals surface area contributed by atoms with Crippen LogP contribution in [-0.4, -0.2) is 46.5 Å². The maximum Gasteiger partial charge on any atom is 0.251 e. The Morgan fingerprint density at radius 2 is 2.59 bits per heavy atom. The van der Waals surface area contributed by atoms with Gasteiger partial charge in [0.05, 0.1) is 12.6 Å². The van der Waals surface area contributed by atoms with Crippen molar-refractivity contribution < 1.29 is 9.53 Å². The van der Waals surface area contributed by atoms with Crippen LogP contribution in [0.4, 0.5) is 0 Å². The molecule has 2 unspecified atom stereocenters. The molecule has 2 heterocycles. The molecule has 94 valence electrons. The number of aromatic nitrogens is 3. The average Bonchev–Trinajstić information content (AvgIpc) is 2.76. The van der Waals surface area contributed by atoms with Crippen LogP contribution >= 0.6 is 0 Å². The molecule has 0 spiro atoms. The van der Waals surface area contributed by atoms with E-state index < -0.39 is 6.10 Å². The second-order valence-corrected chi connectivity index (χ2v) is 4.09. The first-order valence-corrected chi connectivity index (χ1v) is 5.65. The number of amides is 1. The number of nitrogens with zero attached hydrogens (tertiary/aromatic N) is 3. The third kappa shape index (κ3) is 2.80. The number of ether oxygens (including phenoxy) is 1. The summed E-state index contributed by atoms with van der Waals surface area (Å²) in [7, 11) is 1.84. The summed E-state index contributed by atoms with van der Waals surface area (Å²) in [4.78, 5) is 11.9. The number of aryl methyl sites for hydroxylation is 1. The number of nitrogens with one attached hydrogen (secondary N) is 2. The third-order valence-electron chi connectivity index (χ3n) is 2.71. The van der Waals surface area contributed by atoms with Crippen molar-refractivity contribution in [3.05, 3.63) is 12.2 Å². The molecule has 1 aromatic rings. The van der Waals surface area contributed by atoms with E-state index in [4.69, 9.17) is 4.74 Å². The molecule has 0 saturated carbocycles. The molecule has 1 saturated heterocycles. The standard InChI is InChI=1S/C10H17N5O2/c1-7(9-14-12-6-15(9)2)13-10(16)8-5-11-3-4-17-8/h6-8,11H,3-5H2,1-2H3,(H,13,16). The summed E-state index contributed by atoms with van der Waals surface area (Å²) >= 11 is 0. The fraction of sp³-hybridized carbons (Fsp3) is 0.700. The maximum atomic E-state index is 11.9. The van der Waals surface area contributed by atoms with Gasteiger partial charge in [0.15, 0.2) is 5.82 Å². The van der Waals surface area contributed by atoms with E-state index in [2.05, 4.69) is 20.8 Å². The first kappa shape index (κ1) is 12.0. The van der Waals surface area contributed by atoms with Gasteiger partial charge in [-0.25, -0.2) is 0 Å². The molecule has 1 aromatic heterocycles. The van der Waals surface area contributed by atoms with Gasteiger partial charge in [-0.15, -0.1) is 10.2 Å². The molecule has 7 nitrogen and oxygen atoms in total. The van der Waals surface area contributed by atoms with Crippen molar-refractivity contribution in [3.63, 3.8) is 0 Å². The van der Waals surface area contributed by atoms with Crippen LogP contribution < -0.4 is 10.6 Å². The van der Waals surface area contributed by atoms with Crippen LogP contribution in [0, 0.1) is 0 Å². The minimum Gasteiger partial charge on any atom is -0.366 e. The number of carbonyl (C=O) groups is 1. The lowest BCUT2D eigenvalue weighted by molar-refractivity contribution is -0.134. The van der Waals surface area contributed by atoms with Crippen molar-refractivity contribution in [2.24, 2.45) is 7.05 Å². The molecule has 0 aliphatic carbocycles. The molecular formula is C10H17N5O2. The second kappa shape index (κ2) is 5.24. The number of carbonyl (C=O) groups excluding carboxylic acids is 1. The highest BCUT2D eigenvalue weighted by Crippen LogP contribution is 2.08. The number of morpholine rings is 1. The molecule has 2 N–H and O–H groups in total. The Hall–Kier alpha value is -1.47. The van der Waals surface area contributed by atoms with Crippen LogP contribution in [0.1, 0.15) is 18.8 Å². The van der Waals surface area contributed by atoms with Crippen LogP contribution in [0.25, 0.3) is 0 Å². The number of hydrogen-bond acceptors (Lipinski definition) is 5. The van der Waals surface area contributed by atoms with Crippen LogP contribution in [0.3, 0.4) is 0 Å². The van der Waals surface area contributed by atoms with Gasteiger partial charge in [-0.05, 0) is 6.92 Å². The van der Waals surface area contributed by atoms with Gasteiger partial charge in [-0.2, -0.15) is 0 Å². The van der Waals surface area contributed by atoms with E-state index >= 15 is 0 Å². The Kier molecular flexibility index (Phi) is 3.70. The fourth-order valence-electron chi connectivity index (χ4n) is 1.79. The largest absolute Gasteiger partial charge is 0.366 e. The Morgan fingerprint density at radius 1 is 1.76 bits per heavy atom. The molecule has 1 aliphatic rings. The first-order chi connectivity index (χ1) is 8.18. The van der Waals surface area contributed by atoms with Crippen molar-refractivity contribution in [1.29, 1.82) is 0 Å². The summed E-state index contributed by atoms with van der Waals surface area (Å²) in [6, 6.07) is -0.180. The summed E-state index contributed by atoms with van der Waals surface area (Å²) in [6.45, 7) is 3.79. The van der Waals surface area contributed by atoms with Gasteiger partial charge in [-0.3, -0.25) is 4.79 Å². The summed E-state index contributed by atoms with van der Waals surface area (Å²) in [6.07, 6.45) is 1.19. The number of hydrogen-bond donors (Lipinski definition) is 2. The van der Waals surface area contributed by atoms with Crippen molar-refractivity contribution in [1.82, 2.24) is 25.4 Å². The van der Waals surface area contributed by atoms with Gasteiger partial charge in [0.25, 0.3) is 5.91 Å². The highest BCUT2D eigenvalue weighted by atomic mass is 16.5. The molecule has 1 aliphatic heterocycles. The van der Waals surface area contributed by atoms with Crippen LogP contribution in [0.15, 0.2) is 6.33 Å². The van der Waals surface area contributed by atoms with Crippen molar-refractivity contribution in [3.8, 4) is 0 Å². The Bertz CT molecular complexity index is 386. The Balaban J connectivity index is 1.92. The highest BCUT2D eigenvalue weighted by Gasteiger charge is 2.24. The predicted molar refractivity (Wildman–Crippen MR) is 60.2 cm³/mol.